The molecule has 0 saturated heterocycles. The molecule has 0 aliphatic carbocycles. The van der Waals surface area contributed by atoms with Gasteiger partial charge in [-0.2, -0.15) is 0 Å². The zero-order valence-corrected chi connectivity index (χ0v) is 16.0. The van der Waals surface area contributed by atoms with Crippen LogP contribution in [-0.2, 0) is 20.9 Å². The van der Waals surface area contributed by atoms with Crippen molar-refractivity contribution in [3.63, 3.8) is 0 Å². The quantitative estimate of drug-likeness (QED) is 0.688. The van der Waals surface area contributed by atoms with Gasteiger partial charge in [-0.25, -0.2) is 0 Å². The normalized spacial score (nSPS) is 10.2. The van der Waals surface area contributed by atoms with Crippen molar-refractivity contribution in [2.45, 2.75) is 19.9 Å². The minimum Gasteiger partial charge on any atom is -0.493 e. The second kappa shape index (κ2) is 10.2. The number of anilines is 1. The molecule has 2 aromatic carbocycles. The van der Waals surface area contributed by atoms with Gasteiger partial charge >= 0.3 is 5.97 Å². The number of nitrogens with zero attached hydrogens (tertiary/aromatic N) is 1. The molecule has 0 bridgehead atoms. The first kappa shape index (κ1) is 20.3. The van der Waals surface area contributed by atoms with Gasteiger partial charge < -0.3 is 19.7 Å². The lowest BCUT2D eigenvalue weighted by atomic mass is 10.2. The molecule has 0 heterocycles. The van der Waals surface area contributed by atoms with Crippen molar-refractivity contribution in [3.8, 4) is 5.75 Å². The zero-order valence-electron chi connectivity index (χ0n) is 16.0. The Balaban J connectivity index is 1.63. The van der Waals surface area contributed by atoms with Crippen molar-refractivity contribution in [3.05, 3.63) is 59.7 Å². The van der Waals surface area contributed by atoms with Gasteiger partial charge in [-0.05, 0) is 36.2 Å². The average molecular weight is 370 g/mol. The first-order chi connectivity index (χ1) is 13.0. The van der Waals surface area contributed by atoms with Gasteiger partial charge in [-0.3, -0.25) is 9.59 Å². The molecule has 27 heavy (non-hydrogen) atoms. The lowest BCUT2D eigenvalue weighted by Gasteiger charge is -2.13. The summed E-state index contributed by atoms with van der Waals surface area (Å²) in [4.78, 5) is 25.5. The third kappa shape index (κ3) is 7.01. The van der Waals surface area contributed by atoms with E-state index in [4.69, 9.17) is 9.47 Å². The molecule has 0 atom stereocenters. The first-order valence-corrected chi connectivity index (χ1v) is 8.82. The van der Waals surface area contributed by atoms with Crippen molar-refractivity contribution < 1.29 is 19.1 Å². The summed E-state index contributed by atoms with van der Waals surface area (Å²) in [6.45, 7) is 2.25. The molecule has 0 saturated carbocycles. The molecule has 2 rings (SSSR count). The topological polar surface area (TPSA) is 67.9 Å². The number of rotatable bonds is 9. The Hall–Kier alpha value is -3.02. The molecule has 0 aliphatic rings. The molecular weight excluding hydrogens is 344 g/mol. The van der Waals surface area contributed by atoms with Crippen LogP contribution in [0.15, 0.2) is 48.5 Å². The van der Waals surface area contributed by atoms with Crippen LogP contribution in [0.4, 0.5) is 5.69 Å². The van der Waals surface area contributed by atoms with Crippen LogP contribution in [0, 0.1) is 6.92 Å². The summed E-state index contributed by atoms with van der Waals surface area (Å²) in [5.41, 5.74) is 3.07. The van der Waals surface area contributed by atoms with Gasteiger partial charge in [0.15, 0.2) is 6.61 Å². The van der Waals surface area contributed by atoms with Crippen LogP contribution in [0.3, 0.4) is 0 Å². The molecule has 0 aliphatic heterocycles. The lowest BCUT2D eigenvalue weighted by molar-refractivity contribution is -0.149. The maximum absolute atomic E-state index is 11.8. The Morgan fingerprint density at radius 1 is 1.04 bits per heavy atom. The number of carbonyl (C=O) groups is 2. The summed E-state index contributed by atoms with van der Waals surface area (Å²) < 4.78 is 10.5. The summed E-state index contributed by atoms with van der Waals surface area (Å²) in [6, 6.07) is 15.4. The summed E-state index contributed by atoms with van der Waals surface area (Å²) in [5.74, 6) is -0.0581. The van der Waals surface area contributed by atoms with Gasteiger partial charge in [-0.1, -0.05) is 30.3 Å². The van der Waals surface area contributed by atoms with E-state index in [0.29, 0.717) is 6.54 Å². The number of hydrogen-bond donors (Lipinski definition) is 1. The van der Waals surface area contributed by atoms with Crippen LogP contribution in [0.5, 0.6) is 5.75 Å². The van der Waals surface area contributed by atoms with E-state index in [0.717, 1.165) is 22.6 Å². The predicted molar refractivity (Wildman–Crippen MR) is 105 cm³/mol. The van der Waals surface area contributed by atoms with Gasteiger partial charge in [0.1, 0.15) is 5.75 Å². The van der Waals surface area contributed by atoms with Gasteiger partial charge in [0.2, 0.25) is 0 Å². The van der Waals surface area contributed by atoms with E-state index in [1.807, 2.05) is 74.4 Å². The minimum atomic E-state index is -0.464. The van der Waals surface area contributed by atoms with Crippen molar-refractivity contribution >= 4 is 17.6 Å². The average Bonchev–Trinajstić information content (AvgIpc) is 2.66. The van der Waals surface area contributed by atoms with E-state index < -0.39 is 5.97 Å². The first-order valence-electron chi connectivity index (χ1n) is 8.82. The Kier molecular flexibility index (Phi) is 7.67. The summed E-state index contributed by atoms with van der Waals surface area (Å²) >= 11 is 0. The maximum atomic E-state index is 11.8. The molecule has 1 amide bonds. The van der Waals surface area contributed by atoms with E-state index in [-0.39, 0.29) is 25.5 Å². The van der Waals surface area contributed by atoms with Crippen molar-refractivity contribution in [1.29, 1.82) is 0 Å². The largest absolute Gasteiger partial charge is 0.493 e. The Morgan fingerprint density at radius 2 is 1.74 bits per heavy atom. The monoisotopic (exact) mass is 370 g/mol. The third-order valence-corrected chi connectivity index (χ3v) is 3.96. The standard InChI is InChI=1S/C21H26N2O4/c1-16-6-4-5-7-19(16)26-13-12-21(25)27-15-20(24)22-14-17-8-10-18(11-9-17)23(2)3/h4-11H,12-15H2,1-3H3,(H,22,24). The third-order valence-electron chi connectivity index (χ3n) is 3.96. The molecule has 0 spiro atoms. The molecule has 6 nitrogen and oxygen atoms in total. The predicted octanol–water partition coefficient (Wildman–Crippen LogP) is 2.69. The second-order valence-corrected chi connectivity index (χ2v) is 6.36. The highest BCUT2D eigenvalue weighted by molar-refractivity contribution is 5.80. The number of hydrogen-bond acceptors (Lipinski definition) is 5. The van der Waals surface area contributed by atoms with Gasteiger partial charge in [0.05, 0.1) is 13.0 Å². The Bertz CT molecular complexity index is 757. The second-order valence-electron chi connectivity index (χ2n) is 6.36. The summed E-state index contributed by atoms with van der Waals surface area (Å²) in [6.07, 6.45) is 0.0909. The molecule has 1 N–H and O–H groups in total. The number of esters is 1. The minimum absolute atomic E-state index is 0.0909. The van der Waals surface area contributed by atoms with E-state index in [2.05, 4.69) is 5.32 Å². The number of benzene rings is 2. The molecular formula is C21H26N2O4. The van der Waals surface area contributed by atoms with Crippen molar-refractivity contribution in [2.75, 3.05) is 32.2 Å². The molecule has 0 fully saturated rings. The Morgan fingerprint density at radius 3 is 2.41 bits per heavy atom. The fourth-order valence-electron chi connectivity index (χ4n) is 2.34. The van der Waals surface area contributed by atoms with E-state index in [9.17, 15) is 9.59 Å². The number of carbonyl (C=O) groups excluding carboxylic acids is 2. The number of para-hydroxylation sites is 1. The maximum Gasteiger partial charge on any atom is 0.309 e. The molecule has 0 aromatic heterocycles. The highest BCUT2D eigenvalue weighted by Gasteiger charge is 2.08. The molecule has 2 aromatic rings. The number of nitrogens with one attached hydrogen (secondary N) is 1. The van der Waals surface area contributed by atoms with E-state index in [1.165, 1.54) is 0 Å². The van der Waals surface area contributed by atoms with Gasteiger partial charge in [0, 0.05) is 26.3 Å². The van der Waals surface area contributed by atoms with Crippen LogP contribution in [0.2, 0.25) is 0 Å². The fraction of sp³-hybridized carbons (Fsp3) is 0.333. The molecule has 0 radical (unpaired) electrons. The Labute approximate surface area is 160 Å². The van der Waals surface area contributed by atoms with Crippen LogP contribution < -0.4 is 15.0 Å². The van der Waals surface area contributed by atoms with Gasteiger partial charge in [0.25, 0.3) is 5.91 Å². The molecule has 6 heteroatoms. The van der Waals surface area contributed by atoms with E-state index in [1.54, 1.807) is 0 Å². The lowest BCUT2D eigenvalue weighted by Crippen LogP contribution is -2.28. The van der Waals surface area contributed by atoms with Crippen LogP contribution in [-0.4, -0.2) is 39.2 Å². The van der Waals surface area contributed by atoms with E-state index >= 15 is 0 Å². The summed E-state index contributed by atoms with van der Waals surface area (Å²) in [5, 5.41) is 2.73. The number of aryl methyl sites for hydroxylation is 1. The molecule has 144 valence electrons. The zero-order chi connectivity index (χ0) is 19.6. The molecule has 0 unspecified atom stereocenters. The van der Waals surface area contributed by atoms with Gasteiger partial charge in [-0.15, -0.1) is 0 Å². The van der Waals surface area contributed by atoms with Crippen molar-refractivity contribution in [2.24, 2.45) is 0 Å². The summed E-state index contributed by atoms with van der Waals surface area (Å²) in [7, 11) is 3.94. The number of ether oxygens (including phenoxy) is 2. The number of amides is 1. The fourth-order valence-corrected chi connectivity index (χ4v) is 2.34. The van der Waals surface area contributed by atoms with Crippen LogP contribution >= 0.6 is 0 Å². The van der Waals surface area contributed by atoms with Crippen LogP contribution in [0.1, 0.15) is 17.5 Å². The van der Waals surface area contributed by atoms with Crippen LogP contribution in [0.25, 0.3) is 0 Å². The highest BCUT2D eigenvalue weighted by Crippen LogP contribution is 2.16. The SMILES string of the molecule is Cc1ccccc1OCCC(=O)OCC(=O)NCc1ccc(N(C)C)cc1. The smallest absolute Gasteiger partial charge is 0.309 e. The van der Waals surface area contributed by atoms with Crippen molar-refractivity contribution in [1.82, 2.24) is 5.32 Å². The highest BCUT2D eigenvalue weighted by atomic mass is 16.5.